The number of sulfone groups is 1. The number of carbonyl (C=O) groups excluding carboxylic acids is 1. The molecule has 9 heteroatoms. The molecule has 0 bridgehead atoms. The summed E-state index contributed by atoms with van der Waals surface area (Å²) in [7, 11) is -0.181. The van der Waals surface area contributed by atoms with E-state index in [1.165, 1.54) is 6.08 Å². The maximum Gasteiger partial charge on any atom is 0.249 e. The van der Waals surface area contributed by atoms with Crippen LogP contribution >= 0.6 is 0 Å². The van der Waals surface area contributed by atoms with Gasteiger partial charge in [-0.3, -0.25) is 4.79 Å². The molecule has 3 aromatic rings. The van der Waals surface area contributed by atoms with Gasteiger partial charge in [-0.15, -0.1) is 0 Å². The Morgan fingerprint density at radius 3 is 2.58 bits per heavy atom. The summed E-state index contributed by atoms with van der Waals surface area (Å²) in [5.74, 6) is 0.835. The number of methoxy groups -OCH3 is 2. The molecule has 2 heterocycles. The third kappa shape index (κ3) is 4.49. The van der Waals surface area contributed by atoms with Crippen LogP contribution in [0, 0.1) is 13.8 Å². The fourth-order valence-corrected chi connectivity index (χ4v) is 5.29. The number of nitrogens with one attached hydrogen (secondary N) is 1. The maximum atomic E-state index is 12.8. The van der Waals surface area contributed by atoms with Crippen LogP contribution in [0.5, 0.6) is 11.5 Å². The lowest BCUT2D eigenvalue weighted by atomic mass is 10.1. The number of rotatable bonds is 6. The van der Waals surface area contributed by atoms with Gasteiger partial charge in [0, 0.05) is 11.6 Å². The number of hydrogen-bond donors (Lipinski definition) is 1. The lowest BCUT2D eigenvalue weighted by Crippen LogP contribution is -2.15. The van der Waals surface area contributed by atoms with Crippen LogP contribution in [0.3, 0.4) is 0 Å². The SMILES string of the molecule is COc1ccc(/C=C\C(=O)Nc2c3c(nn2-c2cccc(C)c2C)CS(=O)(=O)C3)cc1OC. The molecule has 0 spiro atoms. The molecule has 33 heavy (non-hydrogen) atoms. The highest BCUT2D eigenvalue weighted by Gasteiger charge is 2.33. The number of amides is 1. The number of nitrogens with zero attached hydrogens (tertiary/aromatic N) is 2. The summed E-state index contributed by atoms with van der Waals surface area (Å²) >= 11 is 0. The van der Waals surface area contributed by atoms with E-state index in [0.717, 1.165) is 22.4 Å². The smallest absolute Gasteiger partial charge is 0.249 e. The minimum Gasteiger partial charge on any atom is -0.493 e. The Morgan fingerprint density at radius 1 is 1.09 bits per heavy atom. The first-order valence-corrected chi connectivity index (χ1v) is 12.1. The van der Waals surface area contributed by atoms with E-state index in [9.17, 15) is 13.2 Å². The lowest BCUT2D eigenvalue weighted by molar-refractivity contribution is -0.111. The molecule has 0 unspecified atom stereocenters. The molecular formula is C24H25N3O5S. The molecule has 1 aliphatic rings. The molecule has 2 aromatic carbocycles. The van der Waals surface area contributed by atoms with Crippen molar-refractivity contribution < 1.29 is 22.7 Å². The number of fused-ring (bicyclic) bond motifs is 1. The van der Waals surface area contributed by atoms with E-state index in [1.54, 1.807) is 43.2 Å². The van der Waals surface area contributed by atoms with Gasteiger partial charge in [0.15, 0.2) is 21.3 Å². The predicted octanol–water partition coefficient (Wildman–Crippen LogP) is 3.59. The largest absolute Gasteiger partial charge is 0.493 e. The van der Waals surface area contributed by atoms with Crippen molar-refractivity contribution in [1.82, 2.24) is 9.78 Å². The van der Waals surface area contributed by atoms with Crippen molar-refractivity contribution in [2.45, 2.75) is 25.4 Å². The summed E-state index contributed by atoms with van der Waals surface area (Å²) < 4.78 is 36.5. The third-order valence-electron chi connectivity index (χ3n) is 5.67. The fourth-order valence-electron chi connectivity index (χ4n) is 3.80. The van der Waals surface area contributed by atoms with Gasteiger partial charge >= 0.3 is 0 Å². The van der Waals surface area contributed by atoms with Crippen molar-refractivity contribution in [3.8, 4) is 17.2 Å². The summed E-state index contributed by atoms with van der Waals surface area (Å²) in [5, 5.41) is 7.39. The van der Waals surface area contributed by atoms with Crippen LogP contribution in [-0.2, 0) is 26.1 Å². The molecule has 0 aliphatic carbocycles. The van der Waals surface area contributed by atoms with Gasteiger partial charge in [0.1, 0.15) is 5.82 Å². The second kappa shape index (κ2) is 8.74. The van der Waals surface area contributed by atoms with Crippen LogP contribution in [0.25, 0.3) is 11.8 Å². The van der Waals surface area contributed by atoms with Crippen LogP contribution < -0.4 is 14.8 Å². The van der Waals surface area contributed by atoms with Crippen molar-refractivity contribution in [2.75, 3.05) is 19.5 Å². The van der Waals surface area contributed by atoms with E-state index in [1.807, 2.05) is 32.0 Å². The number of aromatic nitrogens is 2. The van der Waals surface area contributed by atoms with Gasteiger partial charge in [0.25, 0.3) is 0 Å². The van der Waals surface area contributed by atoms with Gasteiger partial charge in [-0.05, 0) is 54.8 Å². The van der Waals surface area contributed by atoms with Crippen molar-refractivity contribution in [3.63, 3.8) is 0 Å². The normalized spacial score (nSPS) is 14.3. The summed E-state index contributed by atoms with van der Waals surface area (Å²) in [5.41, 5.74) is 4.61. The van der Waals surface area contributed by atoms with Crippen LogP contribution in [0.15, 0.2) is 42.5 Å². The molecule has 1 aliphatic heterocycles. The average Bonchev–Trinajstić information content (AvgIpc) is 3.26. The summed E-state index contributed by atoms with van der Waals surface area (Å²) in [6.07, 6.45) is 3.03. The highest BCUT2D eigenvalue weighted by atomic mass is 32.2. The Bertz CT molecular complexity index is 1370. The van der Waals surface area contributed by atoms with Gasteiger partial charge in [-0.25, -0.2) is 13.1 Å². The maximum absolute atomic E-state index is 12.8. The molecular weight excluding hydrogens is 442 g/mol. The predicted molar refractivity (Wildman–Crippen MR) is 127 cm³/mol. The average molecular weight is 468 g/mol. The second-order valence-corrected chi connectivity index (χ2v) is 9.94. The quantitative estimate of drug-likeness (QED) is 0.556. The van der Waals surface area contributed by atoms with E-state index >= 15 is 0 Å². The van der Waals surface area contributed by atoms with Crippen molar-refractivity contribution in [3.05, 3.63) is 70.4 Å². The van der Waals surface area contributed by atoms with E-state index < -0.39 is 15.7 Å². The number of carbonyl (C=O) groups is 1. The zero-order valence-electron chi connectivity index (χ0n) is 18.9. The standard InChI is InChI=1S/C24H25N3O5S/c1-15-6-5-7-20(16(15)2)27-24(18-13-33(29,30)14-19(18)26-27)25-23(28)11-9-17-8-10-21(31-3)22(12-17)32-4/h5-12H,13-14H2,1-4H3,(H,25,28)/b11-9-. The molecule has 1 amide bonds. The molecule has 0 saturated carbocycles. The highest BCUT2D eigenvalue weighted by Crippen LogP contribution is 2.34. The number of hydrogen-bond acceptors (Lipinski definition) is 6. The zero-order chi connectivity index (χ0) is 23.8. The van der Waals surface area contributed by atoms with Crippen molar-refractivity contribution in [2.24, 2.45) is 0 Å². The van der Waals surface area contributed by atoms with Gasteiger partial charge in [-0.2, -0.15) is 5.10 Å². The monoisotopic (exact) mass is 467 g/mol. The second-order valence-electron chi connectivity index (χ2n) is 7.87. The zero-order valence-corrected chi connectivity index (χ0v) is 19.7. The van der Waals surface area contributed by atoms with Crippen LogP contribution in [0.4, 0.5) is 5.82 Å². The van der Waals surface area contributed by atoms with E-state index in [4.69, 9.17) is 9.47 Å². The Labute approximate surface area is 192 Å². The highest BCUT2D eigenvalue weighted by molar-refractivity contribution is 7.90. The molecule has 8 nitrogen and oxygen atoms in total. The van der Waals surface area contributed by atoms with E-state index in [2.05, 4.69) is 10.4 Å². The minimum atomic E-state index is -3.28. The van der Waals surface area contributed by atoms with Gasteiger partial charge < -0.3 is 14.8 Å². The molecule has 0 atom stereocenters. The lowest BCUT2D eigenvalue weighted by Gasteiger charge is -2.13. The Balaban J connectivity index is 1.67. The molecule has 1 N–H and O–H groups in total. The van der Waals surface area contributed by atoms with E-state index in [0.29, 0.717) is 28.6 Å². The van der Waals surface area contributed by atoms with Crippen molar-refractivity contribution in [1.29, 1.82) is 0 Å². The summed E-state index contributed by atoms with van der Waals surface area (Å²) in [4.78, 5) is 12.8. The summed E-state index contributed by atoms with van der Waals surface area (Å²) in [6, 6.07) is 11.1. The first kappa shape index (κ1) is 22.6. The molecule has 0 fully saturated rings. The van der Waals surface area contributed by atoms with Gasteiger partial charge in [0.05, 0.1) is 37.1 Å². The van der Waals surface area contributed by atoms with Gasteiger partial charge in [0.2, 0.25) is 5.91 Å². The van der Waals surface area contributed by atoms with Crippen LogP contribution in [0.2, 0.25) is 0 Å². The minimum absolute atomic E-state index is 0.134. The number of benzene rings is 2. The Kier molecular flexibility index (Phi) is 5.99. The van der Waals surface area contributed by atoms with Crippen LogP contribution in [-0.4, -0.2) is 38.3 Å². The molecule has 172 valence electrons. The topological polar surface area (TPSA) is 99.5 Å². The number of anilines is 1. The first-order chi connectivity index (χ1) is 15.7. The third-order valence-corrected chi connectivity index (χ3v) is 7.11. The summed E-state index contributed by atoms with van der Waals surface area (Å²) in [6.45, 7) is 3.96. The Morgan fingerprint density at radius 2 is 1.85 bits per heavy atom. The molecule has 4 rings (SSSR count). The number of aryl methyl sites for hydroxylation is 1. The van der Waals surface area contributed by atoms with Crippen LogP contribution in [0.1, 0.15) is 27.9 Å². The fraction of sp³-hybridized carbons (Fsp3) is 0.250. The molecule has 0 radical (unpaired) electrons. The number of ether oxygens (including phenoxy) is 2. The van der Waals surface area contributed by atoms with Crippen molar-refractivity contribution >= 4 is 27.6 Å². The molecule has 0 saturated heterocycles. The molecule has 1 aromatic heterocycles. The van der Waals surface area contributed by atoms with Gasteiger partial charge in [-0.1, -0.05) is 18.2 Å². The Hall–Kier alpha value is -3.59. The van der Waals surface area contributed by atoms with E-state index in [-0.39, 0.29) is 11.5 Å². The first-order valence-electron chi connectivity index (χ1n) is 10.3.